The zero-order valence-corrected chi connectivity index (χ0v) is 18.0. The van der Waals surface area contributed by atoms with Gasteiger partial charge in [-0.1, -0.05) is 30.3 Å². The normalized spacial score (nSPS) is 20.2. The van der Waals surface area contributed by atoms with Crippen molar-refractivity contribution in [1.29, 1.82) is 5.26 Å². The van der Waals surface area contributed by atoms with E-state index in [4.69, 9.17) is 14.9 Å². The second-order valence-electron chi connectivity index (χ2n) is 8.18. The number of carbonyl (C=O) groups excluding carboxylic acids is 1. The smallest absolute Gasteiger partial charge is 0.408 e. The van der Waals surface area contributed by atoms with Crippen molar-refractivity contribution < 1.29 is 13.9 Å². The molecule has 0 spiro atoms. The Morgan fingerprint density at radius 3 is 2.72 bits per heavy atom. The van der Waals surface area contributed by atoms with Gasteiger partial charge in [0.25, 0.3) is 5.91 Å². The molecule has 1 amide bonds. The molecule has 8 heteroatoms. The largest absolute Gasteiger partial charge is 0.419 e. The maximum Gasteiger partial charge on any atom is 0.419 e. The number of primary amides is 1. The van der Waals surface area contributed by atoms with Crippen LogP contribution in [-0.4, -0.2) is 35.8 Å². The number of nitrogens with one attached hydrogen (secondary N) is 1. The van der Waals surface area contributed by atoms with Gasteiger partial charge in [-0.25, -0.2) is 4.79 Å². The summed E-state index contributed by atoms with van der Waals surface area (Å²) >= 11 is 0. The van der Waals surface area contributed by atoms with Crippen molar-refractivity contribution in [1.82, 2.24) is 9.88 Å². The number of hydrogen-bond donors (Lipinski definition) is 2. The lowest BCUT2D eigenvalue weighted by molar-refractivity contribution is -0.150. The van der Waals surface area contributed by atoms with Crippen molar-refractivity contribution in [3.8, 4) is 17.2 Å². The van der Waals surface area contributed by atoms with Crippen molar-refractivity contribution in [2.45, 2.75) is 24.9 Å². The van der Waals surface area contributed by atoms with Crippen molar-refractivity contribution in [3.05, 3.63) is 58.6 Å². The molecule has 0 aliphatic carbocycles. The Morgan fingerprint density at radius 2 is 2.00 bits per heavy atom. The number of rotatable bonds is 5. The van der Waals surface area contributed by atoms with E-state index >= 15 is 0 Å². The fraction of sp³-hybridized carbons (Fsp3) is 0.375. The molecular formula is C24H26N4O4. The standard InChI is InChI=1S/C24H26N4O4/c1-28-20-13-18(8-9-21(20)32-23(28)30)17-6-4-16(5-7-17)12-19(14-25)24(22(26)29)15-27-10-2-3-11-31-24/h4-9,13,19,27H,2-3,10-12,15H2,1H3,(H2,26,29)/t19-,24?/m0/s1. The first-order valence-corrected chi connectivity index (χ1v) is 10.7. The number of aryl methyl sites for hydroxylation is 1. The lowest BCUT2D eigenvalue weighted by Crippen LogP contribution is -2.59. The number of nitrogens with two attached hydrogens (primary N) is 1. The first-order chi connectivity index (χ1) is 15.4. The molecule has 1 unspecified atom stereocenters. The molecular weight excluding hydrogens is 408 g/mol. The first-order valence-electron chi connectivity index (χ1n) is 10.7. The number of ether oxygens (including phenoxy) is 1. The summed E-state index contributed by atoms with van der Waals surface area (Å²) in [6.07, 6.45) is 2.10. The fourth-order valence-electron chi connectivity index (χ4n) is 4.18. The van der Waals surface area contributed by atoms with Crippen LogP contribution < -0.4 is 16.8 Å². The molecule has 166 valence electrons. The summed E-state index contributed by atoms with van der Waals surface area (Å²) in [7, 11) is 1.67. The highest BCUT2D eigenvalue weighted by Gasteiger charge is 2.46. The van der Waals surface area contributed by atoms with E-state index in [-0.39, 0.29) is 6.54 Å². The van der Waals surface area contributed by atoms with Crippen molar-refractivity contribution in [3.63, 3.8) is 0 Å². The summed E-state index contributed by atoms with van der Waals surface area (Å²) in [5.74, 6) is -1.73. The zero-order valence-electron chi connectivity index (χ0n) is 18.0. The molecule has 2 aromatic carbocycles. The molecule has 1 aliphatic heterocycles. The highest BCUT2D eigenvalue weighted by molar-refractivity contribution is 5.85. The van der Waals surface area contributed by atoms with Crippen LogP contribution in [0.3, 0.4) is 0 Å². The summed E-state index contributed by atoms with van der Waals surface area (Å²) in [4.78, 5) is 24.1. The van der Waals surface area contributed by atoms with Gasteiger partial charge in [0.2, 0.25) is 0 Å². The minimum absolute atomic E-state index is 0.224. The molecule has 2 heterocycles. The number of nitrogens with zero attached hydrogens (tertiary/aromatic N) is 2. The first kappa shape index (κ1) is 21.8. The minimum Gasteiger partial charge on any atom is -0.408 e. The van der Waals surface area contributed by atoms with Crippen LogP contribution in [0.1, 0.15) is 18.4 Å². The van der Waals surface area contributed by atoms with Gasteiger partial charge < -0.3 is 20.2 Å². The van der Waals surface area contributed by atoms with Crippen molar-refractivity contribution in [2.75, 3.05) is 19.7 Å². The highest BCUT2D eigenvalue weighted by Crippen LogP contribution is 2.29. The van der Waals surface area contributed by atoms with Crippen molar-refractivity contribution >= 4 is 17.0 Å². The Bertz CT molecular complexity index is 1210. The molecule has 3 N–H and O–H groups in total. The van der Waals surface area contributed by atoms with E-state index in [1.54, 1.807) is 13.1 Å². The fourth-order valence-corrected chi connectivity index (χ4v) is 4.18. The van der Waals surface area contributed by atoms with Crippen LogP contribution in [0, 0.1) is 17.2 Å². The third-order valence-electron chi connectivity index (χ3n) is 6.15. The van der Waals surface area contributed by atoms with Crippen LogP contribution in [0.15, 0.2) is 51.7 Å². The van der Waals surface area contributed by atoms with E-state index in [0.717, 1.165) is 41.6 Å². The Hall–Kier alpha value is -3.41. The molecule has 32 heavy (non-hydrogen) atoms. The van der Waals surface area contributed by atoms with Gasteiger partial charge in [-0.3, -0.25) is 9.36 Å². The van der Waals surface area contributed by atoms with Crippen LogP contribution in [-0.2, 0) is 23.0 Å². The number of hydrogen-bond acceptors (Lipinski definition) is 6. The van der Waals surface area contributed by atoms with E-state index in [1.807, 2.05) is 36.4 Å². The number of oxazole rings is 1. The third-order valence-corrected chi connectivity index (χ3v) is 6.15. The lowest BCUT2D eigenvalue weighted by atomic mass is 9.82. The van der Waals surface area contributed by atoms with E-state index in [2.05, 4.69) is 11.4 Å². The number of aromatic nitrogens is 1. The summed E-state index contributed by atoms with van der Waals surface area (Å²) in [6, 6.07) is 15.6. The van der Waals surface area contributed by atoms with E-state index < -0.39 is 23.2 Å². The molecule has 0 saturated carbocycles. The molecule has 4 rings (SSSR count). The zero-order chi connectivity index (χ0) is 22.7. The maximum absolute atomic E-state index is 12.4. The monoisotopic (exact) mass is 434 g/mol. The van der Waals surface area contributed by atoms with Crippen LogP contribution in [0.5, 0.6) is 0 Å². The Labute approximate surface area is 185 Å². The minimum atomic E-state index is -1.36. The Kier molecular flexibility index (Phi) is 6.12. The predicted octanol–water partition coefficient (Wildman–Crippen LogP) is 2.10. The van der Waals surface area contributed by atoms with Gasteiger partial charge in [0.1, 0.15) is 0 Å². The van der Waals surface area contributed by atoms with Crippen molar-refractivity contribution in [2.24, 2.45) is 18.7 Å². The number of carbonyl (C=O) groups is 1. The van der Waals surface area contributed by atoms with Gasteiger partial charge in [0, 0.05) is 20.2 Å². The van der Waals surface area contributed by atoms with Crippen LogP contribution >= 0.6 is 0 Å². The predicted molar refractivity (Wildman–Crippen MR) is 120 cm³/mol. The van der Waals surface area contributed by atoms with Crippen LogP contribution in [0.4, 0.5) is 0 Å². The second-order valence-corrected chi connectivity index (χ2v) is 8.18. The number of fused-ring (bicyclic) bond motifs is 1. The number of amides is 1. The summed E-state index contributed by atoms with van der Waals surface area (Å²) in [6.45, 7) is 1.39. The molecule has 1 fully saturated rings. The summed E-state index contributed by atoms with van der Waals surface area (Å²) in [5, 5.41) is 13.1. The topological polar surface area (TPSA) is 123 Å². The van der Waals surface area contributed by atoms with Gasteiger partial charge in [0.15, 0.2) is 11.2 Å². The van der Waals surface area contributed by atoms with Crippen LogP contribution in [0.25, 0.3) is 22.2 Å². The summed E-state index contributed by atoms with van der Waals surface area (Å²) in [5.41, 5.74) is 8.44. The molecule has 3 aromatic rings. The van der Waals surface area contributed by atoms with Gasteiger partial charge in [-0.2, -0.15) is 5.26 Å². The van der Waals surface area contributed by atoms with Gasteiger partial charge >= 0.3 is 5.76 Å². The van der Waals surface area contributed by atoms with E-state index in [0.29, 0.717) is 18.6 Å². The Morgan fingerprint density at radius 1 is 1.25 bits per heavy atom. The number of benzene rings is 2. The molecule has 1 saturated heterocycles. The number of nitriles is 1. The molecule has 2 atom stereocenters. The SMILES string of the molecule is Cn1c(=O)oc2ccc(-c3ccc(C[C@@H](C#N)C4(C(N)=O)CNCCCCO4)cc3)cc21. The summed E-state index contributed by atoms with van der Waals surface area (Å²) < 4.78 is 12.6. The second kappa shape index (κ2) is 8.99. The molecule has 0 radical (unpaired) electrons. The molecule has 1 aromatic heterocycles. The highest BCUT2D eigenvalue weighted by atomic mass is 16.5. The van der Waals surface area contributed by atoms with E-state index in [1.165, 1.54) is 4.57 Å². The quantitative estimate of drug-likeness (QED) is 0.634. The van der Waals surface area contributed by atoms with Gasteiger partial charge in [0.05, 0.1) is 17.5 Å². The van der Waals surface area contributed by atoms with Gasteiger partial charge in [-0.05, 0) is 54.6 Å². The average Bonchev–Trinajstić information content (AvgIpc) is 3.06. The van der Waals surface area contributed by atoms with Crippen LogP contribution in [0.2, 0.25) is 0 Å². The molecule has 1 aliphatic rings. The molecule has 0 bridgehead atoms. The average molecular weight is 434 g/mol. The Balaban J connectivity index is 1.58. The maximum atomic E-state index is 12.4. The third kappa shape index (κ3) is 4.05. The van der Waals surface area contributed by atoms with E-state index in [9.17, 15) is 14.9 Å². The molecule has 8 nitrogen and oxygen atoms in total. The van der Waals surface area contributed by atoms with Gasteiger partial charge in [-0.15, -0.1) is 0 Å². The lowest BCUT2D eigenvalue weighted by Gasteiger charge is -2.36.